The summed E-state index contributed by atoms with van der Waals surface area (Å²) in [6.07, 6.45) is 7.73. The van der Waals surface area contributed by atoms with Crippen LogP contribution in [0, 0.1) is 6.92 Å². The quantitative estimate of drug-likeness (QED) is 0.815. The van der Waals surface area contributed by atoms with Gasteiger partial charge in [-0.2, -0.15) is 5.10 Å². The van der Waals surface area contributed by atoms with Crippen LogP contribution in [-0.4, -0.2) is 25.9 Å². The molecule has 0 amide bonds. The van der Waals surface area contributed by atoms with E-state index in [-0.39, 0.29) is 0 Å². The Bertz CT molecular complexity index is 457. The van der Waals surface area contributed by atoms with E-state index < -0.39 is 0 Å². The lowest BCUT2D eigenvalue weighted by Gasteiger charge is -2.08. The summed E-state index contributed by atoms with van der Waals surface area (Å²) in [4.78, 5) is 4.19. The average Bonchev–Trinajstić information content (AvgIpc) is 2.92. The first-order chi connectivity index (χ1) is 8.29. The molecule has 0 aliphatic carbocycles. The lowest BCUT2D eigenvalue weighted by atomic mass is 10.4. The first kappa shape index (κ1) is 11.9. The zero-order valence-corrected chi connectivity index (χ0v) is 10.4. The second kappa shape index (κ2) is 5.63. The maximum Gasteiger partial charge on any atom is 0.0949 e. The van der Waals surface area contributed by atoms with Crippen molar-refractivity contribution < 1.29 is 0 Å². The molecular weight excluding hydrogens is 214 g/mol. The Hall–Kier alpha value is -1.62. The van der Waals surface area contributed by atoms with Crippen molar-refractivity contribution in [1.29, 1.82) is 0 Å². The highest BCUT2D eigenvalue weighted by Crippen LogP contribution is 2.01. The molecule has 0 bridgehead atoms. The van der Waals surface area contributed by atoms with Crippen molar-refractivity contribution in [3.63, 3.8) is 0 Å². The zero-order chi connectivity index (χ0) is 12.1. The first-order valence-corrected chi connectivity index (χ1v) is 5.98. The van der Waals surface area contributed by atoms with Crippen molar-refractivity contribution in [2.75, 3.05) is 6.54 Å². The van der Waals surface area contributed by atoms with Gasteiger partial charge in [0.2, 0.25) is 0 Å². The number of nitrogens with one attached hydrogen (secondary N) is 1. The molecule has 0 aliphatic rings. The molecule has 5 nitrogen and oxygen atoms in total. The fourth-order valence-electron chi connectivity index (χ4n) is 1.75. The van der Waals surface area contributed by atoms with Crippen LogP contribution in [-0.2, 0) is 19.6 Å². The van der Waals surface area contributed by atoms with Gasteiger partial charge < -0.3 is 9.88 Å². The Kier molecular flexibility index (Phi) is 3.93. The van der Waals surface area contributed by atoms with Crippen molar-refractivity contribution in [3.05, 3.63) is 36.2 Å². The molecule has 2 aromatic heterocycles. The molecule has 17 heavy (non-hydrogen) atoms. The molecule has 0 unspecified atom stereocenters. The first-order valence-electron chi connectivity index (χ1n) is 5.98. The van der Waals surface area contributed by atoms with E-state index in [0.717, 1.165) is 26.2 Å². The topological polar surface area (TPSA) is 47.7 Å². The molecule has 0 radical (unpaired) electrons. The maximum absolute atomic E-state index is 4.27. The minimum atomic E-state index is 0.870. The molecule has 2 rings (SSSR count). The number of imidazole rings is 1. The van der Waals surface area contributed by atoms with E-state index in [2.05, 4.69) is 40.0 Å². The van der Waals surface area contributed by atoms with Gasteiger partial charge in [-0.15, -0.1) is 0 Å². The zero-order valence-electron chi connectivity index (χ0n) is 10.4. The minimum Gasteiger partial charge on any atom is -0.332 e. The van der Waals surface area contributed by atoms with Gasteiger partial charge in [-0.05, 0) is 19.0 Å². The standard InChI is InChI=1S/C12H19N5/c1-3-13-7-12-8-14-10-16(12)4-5-17-9-11(2)6-15-17/h6,8-10,13H,3-5,7H2,1-2H3. The second-order valence-corrected chi connectivity index (χ2v) is 4.14. The summed E-state index contributed by atoms with van der Waals surface area (Å²) in [6, 6.07) is 0. The fraction of sp³-hybridized carbons (Fsp3) is 0.500. The molecule has 1 N–H and O–H groups in total. The van der Waals surface area contributed by atoms with Crippen molar-refractivity contribution >= 4 is 0 Å². The van der Waals surface area contributed by atoms with Gasteiger partial charge in [-0.25, -0.2) is 4.98 Å². The van der Waals surface area contributed by atoms with Crippen molar-refractivity contribution in [2.24, 2.45) is 0 Å². The van der Waals surface area contributed by atoms with E-state index in [4.69, 9.17) is 0 Å². The Morgan fingerprint density at radius 3 is 2.88 bits per heavy atom. The predicted molar refractivity (Wildman–Crippen MR) is 66.6 cm³/mol. The average molecular weight is 233 g/mol. The number of nitrogens with zero attached hydrogens (tertiary/aromatic N) is 4. The molecule has 2 heterocycles. The molecule has 0 aliphatic heterocycles. The van der Waals surface area contributed by atoms with Crippen LogP contribution in [0.25, 0.3) is 0 Å². The summed E-state index contributed by atoms with van der Waals surface area (Å²) < 4.78 is 4.13. The molecule has 0 saturated heterocycles. The summed E-state index contributed by atoms with van der Waals surface area (Å²) in [5.41, 5.74) is 2.42. The number of hydrogen-bond acceptors (Lipinski definition) is 3. The molecule has 5 heteroatoms. The van der Waals surface area contributed by atoms with Gasteiger partial charge >= 0.3 is 0 Å². The third-order valence-electron chi connectivity index (χ3n) is 2.69. The van der Waals surface area contributed by atoms with E-state index >= 15 is 0 Å². The lowest BCUT2D eigenvalue weighted by molar-refractivity contribution is 0.515. The summed E-state index contributed by atoms with van der Waals surface area (Å²) in [7, 11) is 0. The van der Waals surface area contributed by atoms with Crippen LogP contribution in [0.4, 0.5) is 0 Å². The normalized spacial score (nSPS) is 10.9. The van der Waals surface area contributed by atoms with Gasteiger partial charge in [0, 0.05) is 25.5 Å². The van der Waals surface area contributed by atoms with Crippen LogP contribution in [0.2, 0.25) is 0 Å². The van der Waals surface area contributed by atoms with Crippen molar-refractivity contribution in [2.45, 2.75) is 33.5 Å². The highest BCUT2D eigenvalue weighted by molar-refractivity contribution is 5.00. The van der Waals surface area contributed by atoms with Gasteiger partial charge in [0.15, 0.2) is 0 Å². The van der Waals surface area contributed by atoms with Crippen LogP contribution >= 0.6 is 0 Å². The van der Waals surface area contributed by atoms with Crippen LogP contribution in [0.15, 0.2) is 24.9 Å². The number of aromatic nitrogens is 4. The summed E-state index contributed by atoms with van der Waals surface area (Å²) >= 11 is 0. The van der Waals surface area contributed by atoms with Crippen LogP contribution in [0.3, 0.4) is 0 Å². The SMILES string of the molecule is CCNCc1cncn1CCn1cc(C)cn1. The molecule has 0 spiro atoms. The molecular formula is C12H19N5. The highest BCUT2D eigenvalue weighted by Gasteiger charge is 2.01. The van der Waals surface area contributed by atoms with Gasteiger partial charge in [0.25, 0.3) is 0 Å². The van der Waals surface area contributed by atoms with Crippen LogP contribution in [0.5, 0.6) is 0 Å². The largest absolute Gasteiger partial charge is 0.332 e. The van der Waals surface area contributed by atoms with E-state index in [9.17, 15) is 0 Å². The Morgan fingerprint density at radius 2 is 2.18 bits per heavy atom. The van der Waals surface area contributed by atoms with Gasteiger partial charge in [0.05, 0.1) is 24.8 Å². The minimum absolute atomic E-state index is 0.870. The molecule has 0 saturated carbocycles. The smallest absolute Gasteiger partial charge is 0.0949 e. The molecule has 92 valence electrons. The lowest BCUT2D eigenvalue weighted by Crippen LogP contribution is -2.16. The van der Waals surface area contributed by atoms with Crippen molar-refractivity contribution in [3.8, 4) is 0 Å². The second-order valence-electron chi connectivity index (χ2n) is 4.14. The molecule has 0 aromatic carbocycles. The monoisotopic (exact) mass is 233 g/mol. The number of aryl methyl sites for hydroxylation is 3. The summed E-state index contributed by atoms with van der Waals surface area (Å²) in [5, 5.41) is 7.58. The number of hydrogen-bond donors (Lipinski definition) is 1. The van der Waals surface area contributed by atoms with Gasteiger partial charge in [-0.1, -0.05) is 6.92 Å². The van der Waals surface area contributed by atoms with Crippen molar-refractivity contribution in [1.82, 2.24) is 24.6 Å². The molecule has 0 atom stereocenters. The van der Waals surface area contributed by atoms with Gasteiger partial charge in [-0.3, -0.25) is 4.68 Å². The third kappa shape index (κ3) is 3.17. The highest BCUT2D eigenvalue weighted by atomic mass is 15.3. The fourth-order valence-corrected chi connectivity index (χ4v) is 1.75. The molecule has 0 fully saturated rings. The number of rotatable bonds is 6. The summed E-state index contributed by atoms with van der Waals surface area (Å²) in [6.45, 7) is 7.79. The Balaban J connectivity index is 1.92. The third-order valence-corrected chi connectivity index (χ3v) is 2.69. The predicted octanol–water partition coefficient (Wildman–Crippen LogP) is 1.20. The maximum atomic E-state index is 4.27. The van der Waals surface area contributed by atoms with E-state index in [0.29, 0.717) is 0 Å². The van der Waals surface area contributed by atoms with E-state index in [1.807, 2.05) is 23.4 Å². The van der Waals surface area contributed by atoms with Gasteiger partial charge in [0.1, 0.15) is 0 Å². The molecule has 2 aromatic rings. The van der Waals surface area contributed by atoms with Crippen LogP contribution < -0.4 is 5.32 Å². The summed E-state index contributed by atoms with van der Waals surface area (Å²) in [5.74, 6) is 0. The van der Waals surface area contributed by atoms with E-state index in [1.54, 1.807) is 0 Å². The van der Waals surface area contributed by atoms with E-state index in [1.165, 1.54) is 11.3 Å². The Morgan fingerprint density at radius 1 is 1.29 bits per heavy atom. The Labute approximate surface area is 101 Å². The van der Waals surface area contributed by atoms with Crippen LogP contribution in [0.1, 0.15) is 18.2 Å².